The van der Waals surface area contributed by atoms with Crippen LogP contribution in [0.25, 0.3) is 0 Å². The normalized spacial score (nSPS) is 14.1. The smallest absolute Gasteiger partial charge is 0.261 e. The van der Waals surface area contributed by atoms with Crippen LogP contribution in [0.4, 0.5) is 11.4 Å². The van der Waals surface area contributed by atoms with Crippen molar-refractivity contribution in [3.8, 4) is 5.75 Å². The van der Waals surface area contributed by atoms with Gasteiger partial charge < -0.3 is 14.5 Å². The van der Waals surface area contributed by atoms with Crippen molar-refractivity contribution in [1.29, 1.82) is 0 Å². The number of anilines is 2. The van der Waals surface area contributed by atoms with Gasteiger partial charge in [-0.05, 0) is 60.7 Å². The van der Waals surface area contributed by atoms with Crippen molar-refractivity contribution in [3.05, 3.63) is 83.3 Å². The zero-order chi connectivity index (χ0) is 23.3. The van der Waals surface area contributed by atoms with Gasteiger partial charge in [0.25, 0.3) is 15.9 Å². The van der Waals surface area contributed by atoms with E-state index in [2.05, 4.69) is 37.7 Å². The van der Waals surface area contributed by atoms with Crippen LogP contribution in [0.1, 0.15) is 0 Å². The summed E-state index contributed by atoms with van der Waals surface area (Å²) in [6.45, 7) is 2.72. The molecule has 1 fully saturated rings. The number of hydrogen-bond acceptors (Lipinski definition) is 5. The Morgan fingerprint density at radius 2 is 1.52 bits per heavy atom. The first kappa shape index (κ1) is 23.1. The van der Waals surface area contributed by atoms with Gasteiger partial charge in [0.05, 0.1) is 4.90 Å². The first-order valence-corrected chi connectivity index (χ1v) is 12.8. The Kier molecular flexibility index (Phi) is 7.20. The molecule has 0 saturated carbocycles. The van der Waals surface area contributed by atoms with Crippen LogP contribution in [0.15, 0.2) is 88.2 Å². The molecular formula is C24H24BrN3O4S. The highest BCUT2D eigenvalue weighted by atomic mass is 79.9. The Hall–Kier alpha value is -3.04. The first-order valence-electron chi connectivity index (χ1n) is 10.5. The number of rotatable bonds is 7. The number of para-hydroxylation sites is 1. The van der Waals surface area contributed by atoms with Gasteiger partial charge in [0.2, 0.25) is 0 Å². The summed E-state index contributed by atoms with van der Waals surface area (Å²) in [5.74, 6) is 0.352. The molecule has 0 spiro atoms. The average Bonchev–Trinajstić information content (AvgIpc) is 2.85. The molecule has 0 radical (unpaired) electrons. The highest BCUT2D eigenvalue weighted by molar-refractivity contribution is 9.10. The van der Waals surface area contributed by atoms with Gasteiger partial charge in [0.15, 0.2) is 6.61 Å². The van der Waals surface area contributed by atoms with Crippen LogP contribution in [-0.4, -0.2) is 52.0 Å². The molecule has 0 aromatic heterocycles. The van der Waals surface area contributed by atoms with Gasteiger partial charge in [-0.25, -0.2) is 8.42 Å². The third kappa shape index (κ3) is 6.06. The van der Waals surface area contributed by atoms with Crippen molar-refractivity contribution in [1.82, 2.24) is 4.90 Å². The maximum atomic E-state index is 12.6. The maximum absolute atomic E-state index is 12.6. The van der Waals surface area contributed by atoms with Crippen molar-refractivity contribution in [3.63, 3.8) is 0 Å². The summed E-state index contributed by atoms with van der Waals surface area (Å²) >= 11 is 3.32. The SMILES string of the molecule is O=C(COc1ccc(S(=O)(=O)Nc2ccc(Br)cc2)cc1)N1CCN(c2ccccc2)CC1. The second-order valence-corrected chi connectivity index (χ2v) is 10.2. The highest BCUT2D eigenvalue weighted by Crippen LogP contribution is 2.21. The topological polar surface area (TPSA) is 78.9 Å². The predicted octanol–water partition coefficient (Wildman–Crippen LogP) is 3.98. The van der Waals surface area contributed by atoms with Gasteiger partial charge in [0, 0.05) is 42.0 Å². The van der Waals surface area contributed by atoms with Crippen molar-refractivity contribution in [2.45, 2.75) is 4.90 Å². The minimum absolute atomic E-state index is 0.0867. The number of carbonyl (C=O) groups is 1. The van der Waals surface area contributed by atoms with Crippen LogP contribution in [0.3, 0.4) is 0 Å². The molecule has 1 aliphatic heterocycles. The molecule has 1 saturated heterocycles. The average molecular weight is 530 g/mol. The highest BCUT2D eigenvalue weighted by Gasteiger charge is 2.21. The summed E-state index contributed by atoms with van der Waals surface area (Å²) in [6.07, 6.45) is 0. The van der Waals surface area contributed by atoms with Gasteiger partial charge >= 0.3 is 0 Å². The number of benzene rings is 3. The molecule has 4 rings (SSSR count). The quantitative estimate of drug-likeness (QED) is 0.500. The summed E-state index contributed by atoms with van der Waals surface area (Å²) in [7, 11) is -3.72. The second kappa shape index (κ2) is 10.3. The molecule has 1 amide bonds. The standard InChI is InChI=1S/C24H24BrN3O4S/c25-19-6-8-20(9-7-19)26-33(30,31)23-12-10-22(11-13-23)32-18-24(29)28-16-14-27(15-17-28)21-4-2-1-3-5-21/h1-13,26H,14-18H2. The predicted molar refractivity (Wildman–Crippen MR) is 132 cm³/mol. The monoisotopic (exact) mass is 529 g/mol. The summed E-state index contributed by atoms with van der Waals surface area (Å²) < 4.78 is 34.1. The fourth-order valence-corrected chi connectivity index (χ4v) is 4.86. The van der Waals surface area contributed by atoms with Gasteiger partial charge in [-0.2, -0.15) is 0 Å². The number of carbonyl (C=O) groups excluding carboxylic acids is 1. The van der Waals surface area contributed by atoms with E-state index in [0.29, 0.717) is 24.5 Å². The van der Waals surface area contributed by atoms with Crippen LogP contribution in [0.5, 0.6) is 5.75 Å². The molecule has 0 bridgehead atoms. The number of amides is 1. The number of nitrogens with zero attached hydrogens (tertiary/aromatic N) is 2. The minimum Gasteiger partial charge on any atom is -0.484 e. The minimum atomic E-state index is -3.72. The number of halogens is 1. The third-order valence-corrected chi connectivity index (χ3v) is 7.27. The molecule has 1 aliphatic rings. The lowest BCUT2D eigenvalue weighted by Gasteiger charge is -2.36. The van der Waals surface area contributed by atoms with Gasteiger partial charge in [0.1, 0.15) is 5.75 Å². The number of sulfonamides is 1. The van der Waals surface area contributed by atoms with Crippen molar-refractivity contribution < 1.29 is 17.9 Å². The number of piperazine rings is 1. The summed E-state index contributed by atoms with van der Waals surface area (Å²) in [5, 5.41) is 0. The van der Waals surface area contributed by atoms with Gasteiger partial charge in [-0.15, -0.1) is 0 Å². The van der Waals surface area contributed by atoms with Crippen LogP contribution < -0.4 is 14.4 Å². The molecule has 1 N–H and O–H groups in total. The molecule has 0 unspecified atom stereocenters. The van der Waals surface area contributed by atoms with Crippen molar-refractivity contribution in [2.75, 3.05) is 42.4 Å². The van der Waals surface area contributed by atoms with E-state index >= 15 is 0 Å². The van der Waals surface area contributed by atoms with Crippen molar-refractivity contribution >= 4 is 43.2 Å². The number of nitrogens with one attached hydrogen (secondary N) is 1. The van der Waals surface area contributed by atoms with E-state index in [1.165, 1.54) is 12.1 Å². The largest absolute Gasteiger partial charge is 0.484 e. The van der Waals surface area contributed by atoms with Crippen LogP contribution >= 0.6 is 15.9 Å². The number of ether oxygens (including phenoxy) is 1. The number of hydrogen-bond donors (Lipinski definition) is 1. The summed E-state index contributed by atoms with van der Waals surface area (Å²) in [5.41, 5.74) is 1.63. The summed E-state index contributed by atoms with van der Waals surface area (Å²) in [4.78, 5) is 16.7. The Morgan fingerprint density at radius 3 is 2.15 bits per heavy atom. The van der Waals surface area contributed by atoms with Crippen LogP contribution in [0.2, 0.25) is 0 Å². The molecule has 172 valence electrons. The second-order valence-electron chi connectivity index (χ2n) is 7.58. The maximum Gasteiger partial charge on any atom is 0.261 e. The van der Waals surface area contributed by atoms with E-state index in [1.807, 2.05) is 18.2 Å². The molecule has 33 heavy (non-hydrogen) atoms. The lowest BCUT2D eigenvalue weighted by molar-refractivity contribution is -0.133. The molecule has 1 heterocycles. The van der Waals surface area contributed by atoms with Gasteiger partial charge in [-0.1, -0.05) is 34.1 Å². The molecule has 3 aromatic carbocycles. The van der Waals surface area contributed by atoms with E-state index in [4.69, 9.17) is 4.74 Å². The fraction of sp³-hybridized carbons (Fsp3) is 0.208. The Balaban J connectivity index is 1.28. The van der Waals surface area contributed by atoms with E-state index in [-0.39, 0.29) is 17.4 Å². The third-order valence-electron chi connectivity index (χ3n) is 5.35. The Labute approximate surface area is 202 Å². The Morgan fingerprint density at radius 1 is 0.879 bits per heavy atom. The van der Waals surface area contributed by atoms with Crippen molar-refractivity contribution in [2.24, 2.45) is 0 Å². The Bertz CT molecular complexity index is 1180. The molecular weight excluding hydrogens is 506 g/mol. The first-order chi connectivity index (χ1) is 15.9. The van der Waals surface area contributed by atoms with E-state index in [0.717, 1.165) is 23.2 Å². The van der Waals surface area contributed by atoms with E-state index < -0.39 is 10.0 Å². The fourth-order valence-electron chi connectivity index (χ4n) is 3.54. The lowest BCUT2D eigenvalue weighted by atomic mass is 10.2. The molecule has 3 aromatic rings. The van der Waals surface area contributed by atoms with Gasteiger partial charge in [-0.3, -0.25) is 9.52 Å². The van der Waals surface area contributed by atoms with E-state index in [9.17, 15) is 13.2 Å². The lowest BCUT2D eigenvalue weighted by Crippen LogP contribution is -2.50. The van der Waals surface area contributed by atoms with Crippen LogP contribution in [-0.2, 0) is 14.8 Å². The van der Waals surface area contributed by atoms with Crippen LogP contribution in [0, 0.1) is 0 Å². The zero-order valence-corrected chi connectivity index (χ0v) is 20.3. The zero-order valence-electron chi connectivity index (χ0n) is 17.9. The van der Waals surface area contributed by atoms with E-state index in [1.54, 1.807) is 41.3 Å². The molecule has 9 heteroatoms. The molecule has 7 nitrogen and oxygen atoms in total. The summed E-state index contributed by atoms with van der Waals surface area (Å²) in [6, 6.07) is 23.0. The molecule has 0 aliphatic carbocycles. The molecule has 0 atom stereocenters.